The van der Waals surface area contributed by atoms with Gasteiger partial charge in [-0.15, -0.1) is 12.4 Å². The van der Waals surface area contributed by atoms with Crippen LogP contribution in [0.3, 0.4) is 0 Å². The van der Waals surface area contributed by atoms with Crippen LogP contribution >= 0.6 is 12.4 Å². The monoisotopic (exact) mass is 243 g/mol. The third kappa shape index (κ3) is 16.3. The Morgan fingerprint density at radius 3 is 1.93 bits per heavy atom. The van der Waals surface area contributed by atoms with Gasteiger partial charge in [0.1, 0.15) is 6.61 Å². The van der Waals surface area contributed by atoms with Crippen LogP contribution in [0.4, 0.5) is 0 Å². The Labute approximate surface area is 95.1 Å². The first kappa shape index (κ1) is 17.0. The molecule has 0 aliphatic carbocycles. The van der Waals surface area contributed by atoms with Crippen molar-refractivity contribution in [2.24, 2.45) is 5.73 Å². The highest BCUT2D eigenvalue weighted by Gasteiger charge is 1.95. The molecular formula is C8H18ClNO5. The van der Waals surface area contributed by atoms with Crippen molar-refractivity contribution in [3.8, 4) is 0 Å². The molecular weight excluding hydrogens is 226 g/mol. The fourth-order valence-electron chi connectivity index (χ4n) is 0.683. The summed E-state index contributed by atoms with van der Waals surface area (Å²) in [4.78, 5) is 10.0. The lowest BCUT2D eigenvalue weighted by molar-refractivity contribution is -0.142. The Balaban J connectivity index is 0. The van der Waals surface area contributed by atoms with Crippen molar-refractivity contribution in [1.82, 2.24) is 0 Å². The molecule has 0 saturated heterocycles. The van der Waals surface area contributed by atoms with E-state index in [1.165, 1.54) is 0 Å². The summed E-state index contributed by atoms with van der Waals surface area (Å²) in [6.07, 6.45) is 0. The number of hydrogen-bond donors (Lipinski definition) is 2. The van der Waals surface area contributed by atoms with Gasteiger partial charge in [-0.05, 0) is 0 Å². The molecule has 0 aliphatic rings. The molecule has 6 nitrogen and oxygen atoms in total. The van der Waals surface area contributed by atoms with E-state index in [0.717, 1.165) is 0 Å². The standard InChI is InChI=1S/C8H17NO5.ClH/c9-1-2-12-3-4-13-5-6-14-7-8(10)11;/h1-7,9H2,(H,10,11);1H. The molecule has 0 aromatic rings. The third-order valence-electron chi connectivity index (χ3n) is 1.23. The van der Waals surface area contributed by atoms with Gasteiger partial charge in [-0.25, -0.2) is 4.79 Å². The Bertz CT molecular complexity index is 147. The van der Waals surface area contributed by atoms with Gasteiger partial charge in [0.15, 0.2) is 0 Å². The number of aliphatic carboxylic acids is 1. The molecule has 0 radical (unpaired) electrons. The zero-order chi connectivity index (χ0) is 10.6. The van der Waals surface area contributed by atoms with E-state index in [2.05, 4.69) is 0 Å². The lowest BCUT2D eigenvalue weighted by atomic mass is 10.7. The van der Waals surface area contributed by atoms with E-state index in [4.69, 9.17) is 25.1 Å². The third-order valence-corrected chi connectivity index (χ3v) is 1.23. The highest BCUT2D eigenvalue weighted by Crippen LogP contribution is 1.80. The highest BCUT2D eigenvalue weighted by molar-refractivity contribution is 5.85. The van der Waals surface area contributed by atoms with E-state index in [-0.39, 0.29) is 25.6 Å². The van der Waals surface area contributed by atoms with Gasteiger partial charge in [-0.1, -0.05) is 0 Å². The van der Waals surface area contributed by atoms with E-state index >= 15 is 0 Å². The SMILES string of the molecule is Cl.NCCOCCOCCOCC(=O)O. The first-order valence-electron chi connectivity index (χ1n) is 4.42. The van der Waals surface area contributed by atoms with Crippen LogP contribution in [0.25, 0.3) is 0 Å². The fraction of sp³-hybridized carbons (Fsp3) is 0.875. The van der Waals surface area contributed by atoms with E-state index in [1.807, 2.05) is 0 Å². The molecule has 3 N–H and O–H groups in total. The maximum Gasteiger partial charge on any atom is 0.329 e. The van der Waals surface area contributed by atoms with Gasteiger partial charge in [-0.2, -0.15) is 0 Å². The van der Waals surface area contributed by atoms with Crippen molar-refractivity contribution in [3.63, 3.8) is 0 Å². The molecule has 0 unspecified atom stereocenters. The number of carbonyl (C=O) groups is 1. The van der Waals surface area contributed by atoms with Crippen molar-refractivity contribution in [2.45, 2.75) is 0 Å². The summed E-state index contributed by atoms with van der Waals surface area (Å²) in [6, 6.07) is 0. The second-order valence-corrected chi connectivity index (χ2v) is 2.46. The second-order valence-electron chi connectivity index (χ2n) is 2.46. The summed E-state index contributed by atoms with van der Waals surface area (Å²) in [5, 5.41) is 8.22. The molecule has 0 aliphatic heterocycles. The van der Waals surface area contributed by atoms with E-state index in [1.54, 1.807) is 0 Å². The minimum absolute atomic E-state index is 0. The van der Waals surface area contributed by atoms with Crippen LogP contribution in [0.15, 0.2) is 0 Å². The summed E-state index contributed by atoms with van der Waals surface area (Å²) >= 11 is 0. The molecule has 0 spiro atoms. The Hall–Kier alpha value is -0.400. The molecule has 92 valence electrons. The molecule has 0 aromatic carbocycles. The fourth-order valence-corrected chi connectivity index (χ4v) is 0.683. The number of carboxylic acid groups (broad SMARTS) is 1. The van der Waals surface area contributed by atoms with Crippen molar-refractivity contribution in [3.05, 3.63) is 0 Å². The number of rotatable bonds is 10. The van der Waals surface area contributed by atoms with Gasteiger partial charge in [0.2, 0.25) is 0 Å². The van der Waals surface area contributed by atoms with E-state index in [9.17, 15) is 4.79 Å². The Kier molecular flexibility index (Phi) is 15.4. The van der Waals surface area contributed by atoms with Crippen molar-refractivity contribution < 1.29 is 24.1 Å². The smallest absolute Gasteiger partial charge is 0.329 e. The largest absolute Gasteiger partial charge is 0.480 e. The zero-order valence-corrected chi connectivity index (χ0v) is 9.33. The maximum atomic E-state index is 10.0. The van der Waals surface area contributed by atoms with E-state index < -0.39 is 5.97 Å². The molecule has 0 saturated carbocycles. The quantitative estimate of drug-likeness (QED) is 0.503. The van der Waals surface area contributed by atoms with Gasteiger partial charge in [0, 0.05) is 6.54 Å². The minimum atomic E-state index is -0.976. The van der Waals surface area contributed by atoms with Crippen molar-refractivity contribution in [2.75, 3.05) is 46.2 Å². The Morgan fingerprint density at radius 2 is 1.47 bits per heavy atom. The summed E-state index contributed by atoms with van der Waals surface area (Å²) in [5.41, 5.74) is 5.20. The molecule has 0 bridgehead atoms. The average molecular weight is 244 g/mol. The Morgan fingerprint density at radius 1 is 1.00 bits per heavy atom. The molecule has 0 amide bonds. The zero-order valence-electron chi connectivity index (χ0n) is 8.52. The van der Waals surface area contributed by atoms with Gasteiger partial charge in [0.05, 0.1) is 33.0 Å². The van der Waals surface area contributed by atoms with Crippen molar-refractivity contribution in [1.29, 1.82) is 0 Å². The van der Waals surface area contributed by atoms with Gasteiger partial charge < -0.3 is 25.1 Å². The van der Waals surface area contributed by atoms with Crippen LogP contribution in [0.1, 0.15) is 0 Å². The average Bonchev–Trinajstić information content (AvgIpc) is 2.15. The van der Waals surface area contributed by atoms with Crippen LogP contribution < -0.4 is 5.73 Å². The first-order chi connectivity index (χ1) is 6.77. The minimum Gasteiger partial charge on any atom is -0.480 e. The number of ether oxygens (including phenoxy) is 3. The number of carboxylic acids is 1. The van der Waals surface area contributed by atoms with E-state index in [0.29, 0.717) is 33.0 Å². The molecule has 7 heteroatoms. The number of halogens is 1. The second kappa shape index (κ2) is 13.6. The summed E-state index contributed by atoms with van der Waals surface area (Å²) in [5.74, 6) is -0.976. The van der Waals surface area contributed by atoms with Crippen LogP contribution in [-0.2, 0) is 19.0 Å². The molecule has 15 heavy (non-hydrogen) atoms. The van der Waals surface area contributed by atoms with Crippen LogP contribution in [-0.4, -0.2) is 57.3 Å². The molecule has 0 rings (SSSR count). The first-order valence-corrected chi connectivity index (χ1v) is 4.42. The maximum absolute atomic E-state index is 10.0. The molecule has 0 heterocycles. The molecule has 0 atom stereocenters. The summed E-state index contributed by atoms with van der Waals surface area (Å²) in [6.45, 7) is 2.36. The van der Waals surface area contributed by atoms with Crippen LogP contribution in [0.2, 0.25) is 0 Å². The number of hydrogen-bond acceptors (Lipinski definition) is 5. The lowest BCUT2D eigenvalue weighted by Crippen LogP contribution is -2.15. The van der Waals surface area contributed by atoms with Gasteiger partial charge in [-0.3, -0.25) is 0 Å². The molecule has 0 aromatic heterocycles. The van der Waals surface area contributed by atoms with Crippen molar-refractivity contribution >= 4 is 18.4 Å². The summed E-state index contributed by atoms with van der Waals surface area (Å²) in [7, 11) is 0. The summed E-state index contributed by atoms with van der Waals surface area (Å²) < 4.78 is 14.9. The van der Waals surface area contributed by atoms with Crippen LogP contribution in [0, 0.1) is 0 Å². The van der Waals surface area contributed by atoms with Crippen LogP contribution in [0.5, 0.6) is 0 Å². The predicted molar refractivity (Wildman–Crippen MR) is 56.4 cm³/mol. The molecule has 0 fully saturated rings. The number of nitrogens with two attached hydrogens (primary N) is 1. The highest BCUT2D eigenvalue weighted by atomic mass is 35.5. The van der Waals surface area contributed by atoms with Gasteiger partial charge >= 0.3 is 5.97 Å². The lowest BCUT2D eigenvalue weighted by Gasteiger charge is -2.04. The normalized spacial score (nSPS) is 9.67. The van der Waals surface area contributed by atoms with Gasteiger partial charge in [0.25, 0.3) is 0 Å². The predicted octanol–water partition coefficient (Wildman–Crippen LogP) is -0.499. The topological polar surface area (TPSA) is 91.0 Å².